The van der Waals surface area contributed by atoms with Gasteiger partial charge in [-0.05, 0) is 49.4 Å². The maximum absolute atomic E-state index is 12.7. The summed E-state index contributed by atoms with van der Waals surface area (Å²) < 4.78 is 0. The number of piperidine rings is 1. The van der Waals surface area contributed by atoms with E-state index in [2.05, 4.69) is 9.97 Å². The van der Waals surface area contributed by atoms with Crippen LogP contribution in [0.4, 0.5) is 0 Å². The van der Waals surface area contributed by atoms with E-state index in [1.807, 2.05) is 30.1 Å². The monoisotopic (exact) mass is 414 g/mol. The Labute approximate surface area is 176 Å². The molecule has 29 heavy (non-hydrogen) atoms. The lowest BCUT2D eigenvalue weighted by atomic mass is 9.92. The Morgan fingerprint density at radius 1 is 1.24 bits per heavy atom. The van der Waals surface area contributed by atoms with Crippen LogP contribution >= 0.6 is 11.6 Å². The Kier molecular flexibility index (Phi) is 7.58. The van der Waals surface area contributed by atoms with Crippen molar-refractivity contribution in [1.29, 1.82) is 0 Å². The van der Waals surface area contributed by atoms with E-state index >= 15 is 0 Å². The average Bonchev–Trinajstić information content (AvgIpc) is 2.76. The summed E-state index contributed by atoms with van der Waals surface area (Å²) in [4.78, 5) is 37.1. The smallest absolute Gasteiger partial charge is 0.254 e. The van der Waals surface area contributed by atoms with Crippen molar-refractivity contribution in [2.75, 3.05) is 26.7 Å². The van der Waals surface area contributed by atoms with E-state index in [1.54, 1.807) is 29.4 Å². The number of pyridine rings is 2. The molecule has 154 valence electrons. The summed E-state index contributed by atoms with van der Waals surface area (Å²) in [6.45, 7) is 2.09. The number of rotatable bonds is 7. The summed E-state index contributed by atoms with van der Waals surface area (Å²) in [7, 11) is 1.84. The van der Waals surface area contributed by atoms with Crippen LogP contribution in [0, 0.1) is 5.92 Å². The Hall–Kier alpha value is -2.47. The number of aromatic nitrogens is 2. The first-order valence-corrected chi connectivity index (χ1v) is 10.5. The Morgan fingerprint density at radius 3 is 2.86 bits per heavy atom. The molecule has 0 N–H and O–H groups in total. The molecule has 1 fully saturated rings. The molecule has 1 aliphatic heterocycles. The highest BCUT2D eigenvalue weighted by Crippen LogP contribution is 2.23. The fourth-order valence-electron chi connectivity index (χ4n) is 3.67. The second-order valence-corrected chi connectivity index (χ2v) is 7.94. The first-order valence-electron chi connectivity index (χ1n) is 10.1. The summed E-state index contributed by atoms with van der Waals surface area (Å²) in [5.41, 5.74) is 1.56. The van der Waals surface area contributed by atoms with Gasteiger partial charge < -0.3 is 9.80 Å². The first-order chi connectivity index (χ1) is 14.0. The molecule has 0 bridgehead atoms. The predicted molar refractivity (Wildman–Crippen MR) is 113 cm³/mol. The Morgan fingerprint density at radius 2 is 2.10 bits per heavy atom. The van der Waals surface area contributed by atoms with E-state index < -0.39 is 0 Å². The second-order valence-electron chi connectivity index (χ2n) is 7.55. The van der Waals surface area contributed by atoms with Gasteiger partial charge in [0, 0.05) is 63.2 Å². The zero-order valence-corrected chi connectivity index (χ0v) is 17.5. The van der Waals surface area contributed by atoms with Crippen molar-refractivity contribution >= 4 is 23.4 Å². The van der Waals surface area contributed by atoms with Crippen molar-refractivity contribution in [3.8, 4) is 0 Å². The third-order valence-electron chi connectivity index (χ3n) is 5.40. The van der Waals surface area contributed by atoms with Gasteiger partial charge in [0.25, 0.3) is 5.91 Å². The van der Waals surface area contributed by atoms with E-state index in [4.69, 9.17) is 11.6 Å². The van der Waals surface area contributed by atoms with Gasteiger partial charge in [-0.3, -0.25) is 14.6 Å². The van der Waals surface area contributed by atoms with Crippen LogP contribution in [0.15, 0.2) is 42.7 Å². The van der Waals surface area contributed by atoms with Crippen LogP contribution in [0.2, 0.25) is 5.15 Å². The zero-order valence-electron chi connectivity index (χ0n) is 16.8. The molecular weight excluding hydrogens is 388 g/mol. The molecule has 3 rings (SSSR count). The number of carbonyl (C=O) groups excluding carboxylic acids is 2. The van der Waals surface area contributed by atoms with Crippen molar-refractivity contribution in [1.82, 2.24) is 19.8 Å². The fourth-order valence-corrected chi connectivity index (χ4v) is 3.85. The maximum Gasteiger partial charge on any atom is 0.254 e. The van der Waals surface area contributed by atoms with E-state index in [0.717, 1.165) is 37.9 Å². The molecule has 0 unspecified atom stereocenters. The molecule has 2 aromatic rings. The minimum Gasteiger partial charge on any atom is -0.345 e. The molecule has 0 radical (unpaired) electrons. The number of nitrogens with zero attached hydrogens (tertiary/aromatic N) is 4. The van der Waals surface area contributed by atoms with Crippen LogP contribution in [0.5, 0.6) is 0 Å². The van der Waals surface area contributed by atoms with Crippen molar-refractivity contribution in [3.63, 3.8) is 0 Å². The summed E-state index contributed by atoms with van der Waals surface area (Å²) in [6, 6.07) is 9.12. The van der Waals surface area contributed by atoms with Gasteiger partial charge in [0.15, 0.2) is 0 Å². The van der Waals surface area contributed by atoms with Crippen molar-refractivity contribution < 1.29 is 9.59 Å². The molecule has 6 nitrogen and oxygen atoms in total. The molecule has 3 heterocycles. The minimum atomic E-state index is -0.0159. The third-order valence-corrected chi connectivity index (χ3v) is 5.61. The molecule has 0 spiro atoms. The normalized spacial score (nSPS) is 16.5. The molecule has 2 amide bonds. The third kappa shape index (κ3) is 6.26. The number of halogens is 1. The van der Waals surface area contributed by atoms with Crippen LogP contribution in [0.1, 0.15) is 41.7 Å². The van der Waals surface area contributed by atoms with E-state index in [1.165, 1.54) is 0 Å². The first kappa shape index (κ1) is 21.2. The van der Waals surface area contributed by atoms with Gasteiger partial charge >= 0.3 is 0 Å². The molecule has 1 aliphatic rings. The van der Waals surface area contributed by atoms with Gasteiger partial charge in [-0.15, -0.1) is 0 Å². The van der Waals surface area contributed by atoms with Crippen molar-refractivity contribution in [2.24, 2.45) is 5.92 Å². The standard InChI is InChI=1S/C22H27ClN4O2/c1-26(14-10-19-6-2-3-11-24-19)21(28)8-7-17-5-4-13-27(16-17)22(29)18-9-12-25-20(23)15-18/h2-3,6,9,11-12,15,17H,4-5,7-8,10,13-14,16H2,1H3/t17-/m1/s1. The highest BCUT2D eigenvalue weighted by Gasteiger charge is 2.25. The number of hydrogen-bond acceptors (Lipinski definition) is 4. The quantitative estimate of drug-likeness (QED) is 0.650. The van der Waals surface area contributed by atoms with Crippen LogP contribution in [-0.2, 0) is 11.2 Å². The topological polar surface area (TPSA) is 66.4 Å². The Bertz CT molecular complexity index is 831. The SMILES string of the molecule is CN(CCc1ccccn1)C(=O)CC[C@H]1CCCN(C(=O)c2ccnc(Cl)c2)C1. The van der Waals surface area contributed by atoms with Gasteiger partial charge in [-0.1, -0.05) is 17.7 Å². The summed E-state index contributed by atoms with van der Waals surface area (Å²) in [5.74, 6) is 0.473. The molecule has 1 atom stereocenters. The largest absolute Gasteiger partial charge is 0.345 e. The van der Waals surface area contributed by atoms with Gasteiger partial charge in [0.2, 0.25) is 5.91 Å². The number of hydrogen-bond donors (Lipinski definition) is 0. The number of likely N-dealkylation sites (N-methyl/N-ethyl adjacent to an activating group) is 1. The van der Waals surface area contributed by atoms with Crippen LogP contribution in [-0.4, -0.2) is 58.3 Å². The average molecular weight is 415 g/mol. The fraction of sp³-hybridized carbons (Fsp3) is 0.455. The molecular formula is C22H27ClN4O2. The second kappa shape index (κ2) is 10.3. The van der Waals surface area contributed by atoms with E-state index in [0.29, 0.717) is 36.1 Å². The van der Waals surface area contributed by atoms with E-state index in [9.17, 15) is 9.59 Å². The molecule has 2 aromatic heterocycles. The molecule has 0 aromatic carbocycles. The lowest BCUT2D eigenvalue weighted by Gasteiger charge is -2.33. The zero-order chi connectivity index (χ0) is 20.6. The van der Waals surface area contributed by atoms with Gasteiger partial charge in [0.05, 0.1) is 0 Å². The van der Waals surface area contributed by atoms with Crippen LogP contribution < -0.4 is 0 Å². The van der Waals surface area contributed by atoms with E-state index in [-0.39, 0.29) is 11.8 Å². The van der Waals surface area contributed by atoms with Crippen molar-refractivity contribution in [3.05, 3.63) is 59.1 Å². The number of likely N-dealkylation sites (tertiary alicyclic amines) is 1. The number of carbonyl (C=O) groups is 2. The molecule has 0 saturated carbocycles. The highest BCUT2D eigenvalue weighted by atomic mass is 35.5. The maximum atomic E-state index is 12.7. The number of amides is 2. The van der Waals surface area contributed by atoms with Crippen LogP contribution in [0.25, 0.3) is 0 Å². The Balaban J connectivity index is 1.45. The summed E-state index contributed by atoms with van der Waals surface area (Å²) >= 11 is 5.91. The molecule has 7 heteroatoms. The van der Waals surface area contributed by atoms with Gasteiger partial charge in [0.1, 0.15) is 5.15 Å². The van der Waals surface area contributed by atoms with Crippen LogP contribution in [0.3, 0.4) is 0 Å². The minimum absolute atomic E-state index is 0.0159. The molecule has 1 saturated heterocycles. The van der Waals surface area contributed by atoms with Gasteiger partial charge in [-0.2, -0.15) is 0 Å². The highest BCUT2D eigenvalue weighted by molar-refractivity contribution is 6.29. The predicted octanol–water partition coefficient (Wildman–Crippen LogP) is 3.46. The lowest BCUT2D eigenvalue weighted by Crippen LogP contribution is -2.40. The van der Waals surface area contributed by atoms with Crippen molar-refractivity contribution in [2.45, 2.75) is 32.1 Å². The summed E-state index contributed by atoms with van der Waals surface area (Å²) in [5, 5.41) is 0.323. The lowest BCUT2D eigenvalue weighted by molar-refractivity contribution is -0.130. The van der Waals surface area contributed by atoms with Gasteiger partial charge in [-0.25, -0.2) is 4.98 Å². The molecule has 0 aliphatic carbocycles. The summed E-state index contributed by atoms with van der Waals surface area (Å²) in [6.07, 6.45) is 7.39.